The van der Waals surface area contributed by atoms with E-state index in [9.17, 15) is 13.2 Å². The zero-order valence-electron chi connectivity index (χ0n) is 12.1. The molecule has 0 radical (unpaired) electrons. The molecular weight excluding hydrogens is 280 g/mol. The Morgan fingerprint density at radius 1 is 1.30 bits per heavy atom. The van der Waals surface area contributed by atoms with E-state index in [2.05, 4.69) is 5.32 Å². The fourth-order valence-corrected chi connectivity index (χ4v) is 2.83. The summed E-state index contributed by atoms with van der Waals surface area (Å²) in [5.74, 6) is 0.483. The van der Waals surface area contributed by atoms with Crippen molar-refractivity contribution < 1.29 is 17.9 Å². The summed E-state index contributed by atoms with van der Waals surface area (Å²) >= 11 is 0. The number of primary sulfonamides is 1. The molecule has 7 heteroatoms. The molecule has 0 heterocycles. The predicted octanol–water partition coefficient (Wildman–Crippen LogP) is 0.774. The van der Waals surface area contributed by atoms with Gasteiger partial charge in [-0.25, -0.2) is 13.6 Å². The van der Waals surface area contributed by atoms with Crippen LogP contribution in [0.1, 0.15) is 23.1 Å². The van der Waals surface area contributed by atoms with Gasteiger partial charge in [0.05, 0.1) is 17.9 Å². The number of carbonyl (C=O) groups excluding carboxylic acids is 1. The van der Waals surface area contributed by atoms with Gasteiger partial charge in [0, 0.05) is 7.05 Å². The van der Waals surface area contributed by atoms with E-state index in [0.29, 0.717) is 22.4 Å². The maximum atomic E-state index is 11.5. The van der Waals surface area contributed by atoms with Crippen molar-refractivity contribution in [2.24, 2.45) is 5.14 Å². The van der Waals surface area contributed by atoms with E-state index in [-0.39, 0.29) is 23.8 Å². The molecule has 0 unspecified atom stereocenters. The van der Waals surface area contributed by atoms with Crippen molar-refractivity contribution in [3.63, 3.8) is 0 Å². The number of hydrogen-bond donors (Lipinski definition) is 2. The SMILES string of the molecule is CNC(=O)CCOc1c(C)cc(S(N)(=O)=O)c(C)c1C. The van der Waals surface area contributed by atoms with Crippen molar-refractivity contribution in [2.75, 3.05) is 13.7 Å². The van der Waals surface area contributed by atoms with Gasteiger partial charge < -0.3 is 10.1 Å². The lowest BCUT2D eigenvalue weighted by Gasteiger charge is -2.16. The largest absolute Gasteiger partial charge is 0.492 e. The van der Waals surface area contributed by atoms with E-state index in [4.69, 9.17) is 9.88 Å². The quantitative estimate of drug-likeness (QED) is 0.839. The highest BCUT2D eigenvalue weighted by Gasteiger charge is 2.18. The van der Waals surface area contributed by atoms with E-state index in [1.54, 1.807) is 27.8 Å². The Balaban J connectivity index is 3.06. The van der Waals surface area contributed by atoms with Crippen LogP contribution in [0.15, 0.2) is 11.0 Å². The Hall–Kier alpha value is -1.60. The lowest BCUT2D eigenvalue weighted by atomic mass is 10.1. The number of rotatable bonds is 5. The zero-order chi connectivity index (χ0) is 15.5. The summed E-state index contributed by atoms with van der Waals surface area (Å²) in [6, 6.07) is 1.49. The van der Waals surface area contributed by atoms with Gasteiger partial charge >= 0.3 is 0 Å². The number of benzene rings is 1. The lowest BCUT2D eigenvalue weighted by molar-refractivity contribution is -0.121. The zero-order valence-corrected chi connectivity index (χ0v) is 12.9. The molecule has 0 aliphatic rings. The second-order valence-corrected chi connectivity index (χ2v) is 6.12. The van der Waals surface area contributed by atoms with E-state index < -0.39 is 10.0 Å². The molecule has 0 aliphatic carbocycles. The predicted molar refractivity (Wildman–Crippen MR) is 76.2 cm³/mol. The molecule has 112 valence electrons. The second kappa shape index (κ2) is 6.23. The third-order valence-corrected chi connectivity index (χ3v) is 4.18. The summed E-state index contributed by atoms with van der Waals surface area (Å²) in [5.41, 5.74) is 1.95. The molecule has 0 saturated carbocycles. The molecule has 1 aromatic carbocycles. The van der Waals surface area contributed by atoms with E-state index in [1.807, 2.05) is 0 Å². The third-order valence-electron chi connectivity index (χ3n) is 3.14. The Kier molecular flexibility index (Phi) is 5.13. The van der Waals surface area contributed by atoms with Crippen LogP contribution in [0.3, 0.4) is 0 Å². The normalized spacial score (nSPS) is 11.2. The molecule has 0 saturated heterocycles. The summed E-state index contributed by atoms with van der Waals surface area (Å²) in [5, 5.41) is 7.69. The van der Waals surface area contributed by atoms with Crippen LogP contribution in [-0.2, 0) is 14.8 Å². The maximum Gasteiger partial charge on any atom is 0.238 e. The minimum Gasteiger partial charge on any atom is -0.492 e. The Bertz CT molecular complexity index is 624. The van der Waals surface area contributed by atoms with Gasteiger partial charge in [-0.3, -0.25) is 4.79 Å². The summed E-state index contributed by atoms with van der Waals surface area (Å²) in [4.78, 5) is 11.2. The number of hydrogen-bond acceptors (Lipinski definition) is 4. The first-order chi connectivity index (χ1) is 9.18. The number of carbonyl (C=O) groups is 1. The van der Waals surface area contributed by atoms with Crippen LogP contribution in [0.4, 0.5) is 0 Å². The second-order valence-electron chi connectivity index (χ2n) is 4.59. The molecule has 0 bridgehead atoms. The summed E-state index contributed by atoms with van der Waals surface area (Å²) in [6.45, 7) is 5.43. The highest BCUT2D eigenvalue weighted by molar-refractivity contribution is 7.89. The van der Waals surface area contributed by atoms with Crippen molar-refractivity contribution in [1.82, 2.24) is 5.32 Å². The molecule has 0 atom stereocenters. The van der Waals surface area contributed by atoms with Gasteiger partial charge in [0.15, 0.2) is 0 Å². The Labute approximate surface area is 119 Å². The van der Waals surface area contributed by atoms with E-state index >= 15 is 0 Å². The van der Waals surface area contributed by atoms with Crippen LogP contribution in [0.5, 0.6) is 5.75 Å². The number of ether oxygens (including phenoxy) is 1. The molecule has 1 rings (SSSR count). The van der Waals surface area contributed by atoms with Gasteiger partial charge in [0.1, 0.15) is 5.75 Å². The molecule has 1 aromatic rings. The molecular formula is C13H20N2O4S. The van der Waals surface area contributed by atoms with Crippen LogP contribution in [0, 0.1) is 20.8 Å². The number of amides is 1. The van der Waals surface area contributed by atoms with Crippen molar-refractivity contribution in [1.29, 1.82) is 0 Å². The van der Waals surface area contributed by atoms with Crippen molar-refractivity contribution in [2.45, 2.75) is 32.1 Å². The monoisotopic (exact) mass is 300 g/mol. The highest BCUT2D eigenvalue weighted by Crippen LogP contribution is 2.30. The average Bonchev–Trinajstić information content (AvgIpc) is 2.36. The summed E-state index contributed by atoms with van der Waals surface area (Å²) in [7, 11) is -2.19. The van der Waals surface area contributed by atoms with Gasteiger partial charge in [-0.15, -0.1) is 0 Å². The topological polar surface area (TPSA) is 98.5 Å². The number of nitrogens with two attached hydrogens (primary N) is 1. The van der Waals surface area contributed by atoms with Gasteiger partial charge in [0.25, 0.3) is 0 Å². The molecule has 3 N–H and O–H groups in total. The maximum absolute atomic E-state index is 11.5. The van der Waals surface area contributed by atoms with E-state index in [1.165, 1.54) is 6.07 Å². The van der Waals surface area contributed by atoms with Crippen molar-refractivity contribution in [3.05, 3.63) is 22.8 Å². The summed E-state index contributed by atoms with van der Waals surface area (Å²) in [6.07, 6.45) is 0.241. The van der Waals surface area contributed by atoms with Crippen LogP contribution >= 0.6 is 0 Å². The van der Waals surface area contributed by atoms with Gasteiger partial charge in [-0.1, -0.05) is 0 Å². The Morgan fingerprint density at radius 3 is 2.40 bits per heavy atom. The molecule has 1 amide bonds. The molecule has 6 nitrogen and oxygen atoms in total. The smallest absolute Gasteiger partial charge is 0.238 e. The highest BCUT2D eigenvalue weighted by atomic mass is 32.2. The minimum atomic E-state index is -3.75. The first-order valence-corrected chi connectivity index (χ1v) is 7.70. The third kappa shape index (κ3) is 3.71. The number of sulfonamides is 1. The van der Waals surface area contributed by atoms with Crippen LogP contribution in [0.2, 0.25) is 0 Å². The van der Waals surface area contributed by atoms with Gasteiger partial charge in [-0.05, 0) is 43.5 Å². The molecule has 0 spiro atoms. The van der Waals surface area contributed by atoms with Gasteiger partial charge in [-0.2, -0.15) is 0 Å². The summed E-state index contributed by atoms with van der Waals surface area (Å²) < 4.78 is 28.6. The standard InChI is InChI=1S/C13H20N2O4S/c1-8-7-11(20(14,17)18)9(2)10(3)13(8)19-6-5-12(16)15-4/h7H,5-6H2,1-4H3,(H,15,16)(H2,14,17,18). The number of aryl methyl sites for hydroxylation is 1. The van der Waals surface area contributed by atoms with E-state index in [0.717, 1.165) is 0 Å². The molecule has 0 fully saturated rings. The van der Waals surface area contributed by atoms with Crippen molar-refractivity contribution in [3.8, 4) is 5.75 Å². The lowest BCUT2D eigenvalue weighted by Crippen LogP contribution is -2.20. The molecule has 20 heavy (non-hydrogen) atoms. The van der Waals surface area contributed by atoms with Crippen molar-refractivity contribution >= 4 is 15.9 Å². The average molecular weight is 300 g/mol. The minimum absolute atomic E-state index is 0.103. The number of nitrogens with one attached hydrogen (secondary N) is 1. The first kappa shape index (κ1) is 16.5. The first-order valence-electron chi connectivity index (χ1n) is 6.15. The van der Waals surface area contributed by atoms with Crippen LogP contribution in [-0.4, -0.2) is 28.0 Å². The fourth-order valence-electron chi connectivity index (χ4n) is 1.91. The van der Waals surface area contributed by atoms with Gasteiger partial charge in [0.2, 0.25) is 15.9 Å². The fraction of sp³-hybridized carbons (Fsp3) is 0.462. The van der Waals surface area contributed by atoms with Crippen LogP contribution < -0.4 is 15.2 Å². The molecule has 0 aromatic heterocycles. The molecule has 0 aliphatic heterocycles. The van der Waals surface area contributed by atoms with Crippen LogP contribution in [0.25, 0.3) is 0 Å². The Morgan fingerprint density at radius 2 is 1.90 bits per heavy atom.